The zero-order chi connectivity index (χ0) is 22.3. The molecule has 4 bridgehead atoms. The van der Waals surface area contributed by atoms with Gasteiger partial charge in [-0.05, 0) is 94.1 Å². The maximum atomic E-state index is 13.5. The van der Waals surface area contributed by atoms with E-state index in [4.69, 9.17) is 10.7 Å². The Kier molecular flexibility index (Phi) is 4.46. The summed E-state index contributed by atoms with van der Waals surface area (Å²) in [6, 6.07) is 3.33. The van der Waals surface area contributed by atoms with Crippen molar-refractivity contribution in [2.45, 2.75) is 88.6 Å². The number of hydrogen-bond acceptors (Lipinski definition) is 4. The van der Waals surface area contributed by atoms with Crippen molar-refractivity contribution in [3.8, 4) is 5.75 Å². The van der Waals surface area contributed by atoms with Gasteiger partial charge in [-0.25, -0.2) is 4.98 Å². The standard InChI is InChI=1S/C26H36N4O2/c1-14-7-16-11-25(2,13-26(27,10-14)12-16)30-24(32)18-5-6-20(31)22-21(18)28-23(29-22)19-9-15-3-4-17(19)8-15/h5-6,14-17,19,31H,3-4,7-13,27H2,1-2H3,(H,28,29)(H,30,32). The Morgan fingerprint density at radius 2 is 2.03 bits per heavy atom. The zero-order valence-corrected chi connectivity index (χ0v) is 19.3. The number of aromatic nitrogens is 2. The molecule has 1 amide bonds. The van der Waals surface area contributed by atoms with Crippen LogP contribution in [0.5, 0.6) is 5.75 Å². The fraction of sp³-hybridized carbons (Fsp3) is 0.692. The Morgan fingerprint density at radius 1 is 1.19 bits per heavy atom. The first-order valence-electron chi connectivity index (χ1n) is 12.5. The largest absolute Gasteiger partial charge is 0.506 e. The lowest BCUT2D eigenvalue weighted by atomic mass is 9.59. The molecule has 172 valence electrons. The molecule has 2 aromatic rings. The molecule has 5 N–H and O–H groups in total. The predicted octanol–water partition coefficient (Wildman–Crippen LogP) is 4.59. The van der Waals surface area contributed by atoms with Crippen LogP contribution in [-0.2, 0) is 0 Å². The number of hydrogen-bond donors (Lipinski definition) is 4. The number of carbonyl (C=O) groups excluding carboxylic acids is 1. The summed E-state index contributed by atoms with van der Waals surface area (Å²) < 4.78 is 0. The molecular weight excluding hydrogens is 400 g/mol. The lowest BCUT2D eigenvalue weighted by Crippen LogP contribution is -2.61. The van der Waals surface area contributed by atoms with Crippen molar-refractivity contribution in [1.29, 1.82) is 0 Å². The van der Waals surface area contributed by atoms with Crippen molar-refractivity contribution in [2.75, 3.05) is 0 Å². The first kappa shape index (κ1) is 20.5. The van der Waals surface area contributed by atoms with E-state index in [9.17, 15) is 9.90 Å². The van der Waals surface area contributed by atoms with Gasteiger partial charge in [0.1, 0.15) is 22.6 Å². The number of amides is 1. The van der Waals surface area contributed by atoms with Crippen LogP contribution >= 0.6 is 0 Å². The molecule has 4 aliphatic carbocycles. The van der Waals surface area contributed by atoms with Gasteiger partial charge in [0.25, 0.3) is 5.91 Å². The third kappa shape index (κ3) is 3.33. The van der Waals surface area contributed by atoms with Gasteiger partial charge in [0.05, 0.1) is 5.56 Å². The van der Waals surface area contributed by atoms with Crippen molar-refractivity contribution in [3.63, 3.8) is 0 Å². The summed E-state index contributed by atoms with van der Waals surface area (Å²) in [5.41, 5.74) is 8.01. The molecular formula is C26H36N4O2. The topological polar surface area (TPSA) is 104 Å². The van der Waals surface area contributed by atoms with E-state index in [-0.39, 0.29) is 22.7 Å². The van der Waals surface area contributed by atoms with Gasteiger partial charge in [0.2, 0.25) is 0 Å². The number of H-pyrrole nitrogens is 1. The molecule has 0 radical (unpaired) electrons. The number of imidazole rings is 1. The van der Waals surface area contributed by atoms with Crippen LogP contribution in [0.15, 0.2) is 12.1 Å². The lowest BCUT2D eigenvalue weighted by Gasteiger charge is -2.53. The summed E-state index contributed by atoms with van der Waals surface area (Å²) in [6.45, 7) is 4.45. The summed E-state index contributed by atoms with van der Waals surface area (Å²) >= 11 is 0. The average molecular weight is 437 g/mol. The minimum absolute atomic E-state index is 0.111. The highest BCUT2D eigenvalue weighted by Gasteiger charge is 2.48. The normalized spacial score (nSPS) is 40.7. The molecule has 0 spiro atoms. The van der Waals surface area contributed by atoms with E-state index in [1.54, 1.807) is 12.1 Å². The Balaban J connectivity index is 1.29. The van der Waals surface area contributed by atoms with E-state index in [2.05, 4.69) is 24.1 Å². The van der Waals surface area contributed by atoms with Crippen LogP contribution in [0.2, 0.25) is 0 Å². The third-order valence-electron chi connectivity index (χ3n) is 9.06. The molecule has 4 fully saturated rings. The van der Waals surface area contributed by atoms with Crippen LogP contribution < -0.4 is 11.1 Å². The van der Waals surface area contributed by atoms with E-state index in [1.165, 1.54) is 32.1 Å². The minimum Gasteiger partial charge on any atom is -0.506 e. The van der Waals surface area contributed by atoms with Gasteiger partial charge in [-0.1, -0.05) is 13.3 Å². The van der Waals surface area contributed by atoms with Crippen LogP contribution in [0.4, 0.5) is 0 Å². The number of nitrogens with one attached hydrogen (secondary N) is 2. The molecule has 32 heavy (non-hydrogen) atoms. The molecule has 4 saturated carbocycles. The lowest BCUT2D eigenvalue weighted by molar-refractivity contribution is 0.0466. The second kappa shape index (κ2) is 6.96. The number of nitrogens with two attached hydrogens (primary N) is 1. The van der Waals surface area contributed by atoms with Crippen molar-refractivity contribution >= 4 is 16.9 Å². The highest BCUT2D eigenvalue weighted by atomic mass is 16.3. The van der Waals surface area contributed by atoms with Gasteiger partial charge in [-0.2, -0.15) is 0 Å². The number of rotatable bonds is 3. The number of fused-ring (bicyclic) bond motifs is 5. The number of phenolic OH excluding ortho intramolecular Hbond substituents is 1. The summed E-state index contributed by atoms with van der Waals surface area (Å²) in [5, 5.41) is 13.8. The van der Waals surface area contributed by atoms with Gasteiger partial charge in [-0.15, -0.1) is 0 Å². The fourth-order valence-corrected chi connectivity index (χ4v) is 8.35. The maximum Gasteiger partial charge on any atom is 0.253 e. The van der Waals surface area contributed by atoms with E-state index < -0.39 is 0 Å². The van der Waals surface area contributed by atoms with E-state index in [0.717, 1.165) is 37.4 Å². The molecule has 7 atom stereocenters. The van der Waals surface area contributed by atoms with Crippen molar-refractivity contribution < 1.29 is 9.90 Å². The Bertz CT molecular complexity index is 1080. The molecule has 6 rings (SSSR count). The maximum absolute atomic E-state index is 13.5. The molecule has 6 heteroatoms. The van der Waals surface area contributed by atoms with E-state index >= 15 is 0 Å². The predicted molar refractivity (Wildman–Crippen MR) is 124 cm³/mol. The molecule has 1 heterocycles. The summed E-state index contributed by atoms with van der Waals surface area (Å²) in [7, 11) is 0. The Morgan fingerprint density at radius 3 is 2.75 bits per heavy atom. The Labute approximate surface area is 189 Å². The summed E-state index contributed by atoms with van der Waals surface area (Å²) in [5.74, 6) is 4.13. The molecule has 4 aliphatic rings. The molecule has 1 aromatic carbocycles. The fourth-order valence-electron chi connectivity index (χ4n) is 8.35. The third-order valence-corrected chi connectivity index (χ3v) is 9.06. The first-order valence-corrected chi connectivity index (χ1v) is 12.5. The molecule has 1 aromatic heterocycles. The highest BCUT2D eigenvalue weighted by molar-refractivity contribution is 6.06. The number of benzene rings is 1. The number of phenols is 1. The quantitative estimate of drug-likeness (QED) is 0.565. The average Bonchev–Trinajstić information content (AvgIpc) is 3.41. The molecule has 0 saturated heterocycles. The highest BCUT2D eigenvalue weighted by Crippen LogP contribution is 2.52. The second-order valence-corrected chi connectivity index (χ2v) is 12.1. The number of aromatic hydroxyl groups is 1. The van der Waals surface area contributed by atoms with Crippen LogP contribution in [0, 0.1) is 23.7 Å². The van der Waals surface area contributed by atoms with Crippen molar-refractivity contribution in [1.82, 2.24) is 15.3 Å². The van der Waals surface area contributed by atoms with E-state index in [1.807, 2.05) is 0 Å². The van der Waals surface area contributed by atoms with Gasteiger partial charge >= 0.3 is 0 Å². The monoisotopic (exact) mass is 436 g/mol. The van der Waals surface area contributed by atoms with Gasteiger partial charge in [0, 0.05) is 17.0 Å². The zero-order valence-electron chi connectivity index (χ0n) is 19.3. The van der Waals surface area contributed by atoms with Crippen LogP contribution in [0.1, 0.15) is 93.7 Å². The van der Waals surface area contributed by atoms with Crippen LogP contribution in [0.3, 0.4) is 0 Å². The molecule has 0 aliphatic heterocycles. The van der Waals surface area contributed by atoms with Crippen molar-refractivity contribution in [3.05, 3.63) is 23.5 Å². The Hall–Kier alpha value is -2.08. The number of aromatic amines is 1. The molecule has 6 nitrogen and oxygen atoms in total. The minimum atomic E-state index is -0.317. The van der Waals surface area contributed by atoms with Gasteiger partial charge < -0.3 is 21.1 Å². The summed E-state index contributed by atoms with van der Waals surface area (Å²) in [4.78, 5) is 21.8. The van der Waals surface area contributed by atoms with Crippen LogP contribution in [-0.4, -0.2) is 32.1 Å². The van der Waals surface area contributed by atoms with E-state index in [0.29, 0.717) is 40.3 Å². The molecule has 7 unspecified atom stereocenters. The van der Waals surface area contributed by atoms with Gasteiger partial charge in [0.15, 0.2) is 0 Å². The van der Waals surface area contributed by atoms with Gasteiger partial charge in [-0.3, -0.25) is 4.79 Å². The first-order chi connectivity index (χ1) is 15.2. The number of carbonyl (C=O) groups is 1. The van der Waals surface area contributed by atoms with Crippen molar-refractivity contribution in [2.24, 2.45) is 29.4 Å². The second-order valence-electron chi connectivity index (χ2n) is 12.1. The SMILES string of the molecule is CC1CC2CC(N)(C1)CC(C)(NC(=O)c1ccc(O)c3[nH]c(C4CC5CCC4C5)nc13)C2. The summed E-state index contributed by atoms with van der Waals surface area (Å²) in [6.07, 6.45) is 10.1. The van der Waals surface area contributed by atoms with Crippen LogP contribution in [0.25, 0.3) is 11.0 Å². The smallest absolute Gasteiger partial charge is 0.253 e. The number of nitrogens with zero attached hydrogens (tertiary/aromatic N) is 1.